The third-order valence-electron chi connectivity index (χ3n) is 2.77. The zero-order chi connectivity index (χ0) is 16.1. The van der Waals surface area contributed by atoms with Crippen LogP contribution in [0.3, 0.4) is 0 Å². The van der Waals surface area contributed by atoms with Gasteiger partial charge in [0.2, 0.25) is 5.91 Å². The van der Waals surface area contributed by atoms with Crippen LogP contribution in [0, 0.1) is 3.57 Å². The summed E-state index contributed by atoms with van der Waals surface area (Å²) in [7, 11) is 0. The second kappa shape index (κ2) is 7.80. The molecule has 0 bridgehead atoms. The van der Waals surface area contributed by atoms with Crippen LogP contribution >= 0.6 is 45.8 Å². The fraction of sp³-hybridized carbons (Fsp3) is 0.0667. The van der Waals surface area contributed by atoms with Crippen LogP contribution in [0.15, 0.2) is 42.5 Å². The fourth-order valence-corrected chi connectivity index (χ4v) is 2.94. The second-order valence-electron chi connectivity index (χ2n) is 4.43. The molecule has 2 amide bonds. The molecular formula is C15H11Cl2IN2O2. The lowest BCUT2D eigenvalue weighted by atomic mass is 10.1. The smallest absolute Gasteiger partial charge is 0.270 e. The monoisotopic (exact) mass is 448 g/mol. The van der Waals surface area contributed by atoms with Crippen molar-refractivity contribution in [1.29, 1.82) is 0 Å². The van der Waals surface area contributed by atoms with Crippen LogP contribution in [0.1, 0.15) is 15.9 Å². The number of carbonyl (C=O) groups is 2. The van der Waals surface area contributed by atoms with E-state index in [1.54, 1.807) is 42.5 Å². The Hall–Kier alpha value is -1.31. The number of hydrazine groups is 1. The van der Waals surface area contributed by atoms with Crippen LogP contribution in [0.4, 0.5) is 0 Å². The molecule has 0 aliphatic carbocycles. The number of hydrogen-bond donors (Lipinski definition) is 2. The minimum atomic E-state index is -0.398. The SMILES string of the molecule is O=C(Cc1ccc(Cl)cc1)NNC(=O)c1ccc(Cl)cc1I. The summed E-state index contributed by atoms with van der Waals surface area (Å²) >= 11 is 13.6. The van der Waals surface area contributed by atoms with E-state index in [-0.39, 0.29) is 12.3 Å². The van der Waals surface area contributed by atoms with Gasteiger partial charge in [-0.3, -0.25) is 20.4 Å². The van der Waals surface area contributed by atoms with Crippen LogP contribution < -0.4 is 10.9 Å². The van der Waals surface area contributed by atoms with Crippen molar-refractivity contribution in [3.05, 3.63) is 67.2 Å². The zero-order valence-electron chi connectivity index (χ0n) is 11.2. The van der Waals surface area contributed by atoms with Gasteiger partial charge in [-0.05, 0) is 58.5 Å². The highest BCUT2D eigenvalue weighted by Gasteiger charge is 2.11. The summed E-state index contributed by atoms with van der Waals surface area (Å²) < 4.78 is 0.703. The maximum absolute atomic E-state index is 12.0. The van der Waals surface area contributed by atoms with Crippen molar-refractivity contribution >= 4 is 57.6 Å². The van der Waals surface area contributed by atoms with E-state index in [0.29, 0.717) is 19.2 Å². The lowest BCUT2D eigenvalue weighted by Crippen LogP contribution is -2.42. The first-order valence-electron chi connectivity index (χ1n) is 6.24. The molecule has 114 valence electrons. The minimum absolute atomic E-state index is 0.148. The van der Waals surface area contributed by atoms with E-state index in [0.717, 1.165) is 5.56 Å². The van der Waals surface area contributed by atoms with Crippen molar-refractivity contribution in [2.75, 3.05) is 0 Å². The Labute approximate surface area is 151 Å². The highest BCUT2D eigenvalue weighted by atomic mass is 127. The van der Waals surface area contributed by atoms with Crippen molar-refractivity contribution in [3.8, 4) is 0 Å². The average molecular weight is 449 g/mol. The molecule has 0 heterocycles. The zero-order valence-corrected chi connectivity index (χ0v) is 14.9. The summed E-state index contributed by atoms with van der Waals surface area (Å²) in [5, 5.41) is 1.16. The van der Waals surface area contributed by atoms with Gasteiger partial charge in [0.1, 0.15) is 0 Å². The Morgan fingerprint density at radius 2 is 1.59 bits per heavy atom. The van der Waals surface area contributed by atoms with Gasteiger partial charge in [0, 0.05) is 13.6 Å². The topological polar surface area (TPSA) is 58.2 Å². The Bertz CT molecular complexity index is 705. The number of hydrogen-bond acceptors (Lipinski definition) is 2. The summed E-state index contributed by atoms with van der Waals surface area (Å²) in [6, 6.07) is 11.8. The number of halogens is 3. The average Bonchev–Trinajstić information content (AvgIpc) is 2.47. The van der Waals surface area contributed by atoms with E-state index in [2.05, 4.69) is 10.9 Å². The van der Waals surface area contributed by atoms with Crippen LogP contribution in [-0.4, -0.2) is 11.8 Å². The van der Waals surface area contributed by atoms with Crippen molar-refractivity contribution in [2.45, 2.75) is 6.42 Å². The van der Waals surface area contributed by atoms with E-state index in [1.807, 2.05) is 22.6 Å². The Kier molecular flexibility index (Phi) is 6.05. The highest BCUT2D eigenvalue weighted by Crippen LogP contribution is 2.17. The predicted molar refractivity (Wildman–Crippen MR) is 94.9 cm³/mol. The molecule has 0 radical (unpaired) electrons. The summed E-state index contributed by atoms with van der Waals surface area (Å²) in [6.45, 7) is 0. The largest absolute Gasteiger partial charge is 0.273 e. The van der Waals surface area contributed by atoms with Gasteiger partial charge in [0.25, 0.3) is 5.91 Å². The maximum Gasteiger partial charge on any atom is 0.270 e. The van der Waals surface area contributed by atoms with Crippen LogP contribution in [0.25, 0.3) is 0 Å². The molecule has 22 heavy (non-hydrogen) atoms. The summed E-state index contributed by atoms with van der Waals surface area (Å²) in [6.07, 6.45) is 0.148. The van der Waals surface area contributed by atoms with Gasteiger partial charge in [-0.2, -0.15) is 0 Å². The molecular weight excluding hydrogens is 438 g/mol. The predicted octanol–water partition coefficient (Wildman–Crippen LogP) is 3.60. The first-order chi connectivity index (χ1) is 10.5. The van der Waals surface area contributed by atoms with Crippen LogP contribution in [-0.2, 0) is 11.2 Å². The molecule has 0 aromatic heterocycles. The number of benzene rings is 2. The lowest BCUT2D eigenvalue weighted by molar-refractivity contribution is -0.121. The Morgan fingerprint density at radius 3 is 2.23 bits per heavy atom. The molecule has 0 unspecified atom stereocenters. The molecule has 0 saturated carbocycles. The van der Waals surface area contributed by atoms with Crippen molar-refractivity contribution in [1.82, 2.24) is 10.9 Å². The molecule has 0 saturated heterocycles. The minimum Gasteiger partial charge on any atom is -0.273 e. The molecule has 0 fully saturated rings. The normalized spacial score (nSPS) is 10.1. The number of rotatable bonds is 3. The fourth-order valence-electron chi connectivity index (χ4n) is 1.70. The van der Waals surface area contributed by atoms with Crippen molar-refractivity contribution in [3.63, 3.8) is 0 Å². The molecule has 2 aromatic carbocycles. The van der Waals surface area contributed by atoms with Crippen LogP contribution in [0.5, 0.6) is 0 Å². The molecule has 2 aromatic rings. The third-order valence-corrected chi connectivity index (χ3v) is 4.15. The molecule has 2 N–H and O–H groups in total. The van der Waals surface area contributed by atoms with E-state index in [1.165, 1.54) is 0 Å². The van der Waals surface area contributed by atoms with Gasteiger partial charge >= 0.3 is 0 Å². The molecule has 2 rings (SSSR count). The Morgan fingerprint density at radius 1 is 0.955 bits per heavy atom. The first-order valence-corrected chi connectivity index (χ1v) is 8.08. The van der Waals surface area contributed by atoms with Gasteiger partial charge in [0.15, 0.2) is 0 Å². The van der Waals surface area contributed by atoms with Crippen molar-refractivity contribution in [2.24, 2.45) is 0 Å². The second-order valence-corrected chi connectivity index (χ2v) is 6.46. The molecule has 0 spiro atoms. The first kappa shape index (κ1) is 17.1. The molecule has 0 aliphatic heterocycles. The summed E-state index contributed by atoms with van der Waals surface area (Å²) in [4.78, 5) is 23.8. The van der Waals surface area contributed by atoms with E-state index in [4.69, 9.17) is 23.2 Å². The number of amides is 2. The highest BCUT2D eigenvalue weighted by molar-refractivity contribution is 14.1. The van der Waals surface area contributed by atoms with Crippen molar-refractivity contribution < 1.29 is 9.59 Å². The van der Waals surface area contributed by atoms with Gasteiger partial charge < -0.3 is 0 Å². The molecule has 0 aliphatic rings. The lowest BCUT2D eigenvalue weighted by Gasteiger charge is -2.09. The van der Waals surface area contributed by atoms with Gasteiger partial charge in [-0.25, -0.2) is 0 Å². The standard InChI is InChI=1S/C15H11Cl2IN2O2/c16-10-3-1-9(2-4-10)7-14(21)19-20-15(22)12-6-5-11(17)8-13(12)18/h1-6,8H,7H2,(H,19,21)(H,20,22). The maximum atomic E-state index is 12.0. The van der Waals surface area contributed by atoms with E-state index in [9.17, 15) is 9.59 Å². The molecule has 0 atom stereocenters. The van der Waals surface area contributed by atoms with Gasteiger partial charge in [-0.1, -0.05) is 35.3 Å². The molecule has 4 nitrogen and oxygen atoms in total. The summed E-state index contributed by atoms with van der Waals surface area (Å²) in [5.41, 5.74) is 6.00. The summed E-state index contributed by atoms with van der Waals surface area (Å²) in [5.74, 6) is -0.717. The Balaban J connectivity index is 1.90. The van der Waals surface area contributed by atoms with Gasteiger partial charge in [-0.15, -0.1) is 0 Å². The van der Waals surface area contributed by atoms with Gasteiger partial charge in [0.05, 0.1) is 12.0 Å². The quantitative estimate of drug-likeness (QED) is 0.556. The third kappa shape index (κ3) is 4.86. The van der Waals surface area contributed by atoms with E-state index >= 15 is 0 Å². The number of carbonyl (C=O) groups excluding carboxylic acids is 2. The van der Waals surface area contributed by atoms with Crippen LogP contribution in [0.2, 0.25) is 10.0 Å². The van der Waals surface area contributed by atoms with E-state index < -0.39 is 5.91 Å². The molecule has 7 heteroatoms. The number of nitrogens with one attached hydrogen (secondary N) is 2.